The number of hydrogen-bond acceptors (Lipinski definition) is 4. The van der Waals surface area contributed by atoms with Crippen LogP contribution < -0.4 is 0 Å². The Kier molecular flexibility index (Phi) is 7.51. The number of rotatable bonds is 6. The molecule has 10 heteroatoms. The fraction of sp³-hybridized carbons (Fsp3) is 0.393. The largest absolute Gasteiger partial charge is 0.480 e. The molecular formula is C28H29F3N4O3. The number of pyridine rings is 1. The first kappa shape index (κ1) is 26.0. The number of piperidine rings is 2. The van der Waals surface area contributed by atoms with Crippen LogP contribution in [-0.2, 0) is 9.59 Å². The van der Waals surface area contributed by atoms with Gasteiger partial charge in [-0.15, -0.1) is 0 Å². The maximum Gasteiger partial charge on any atom is 0.321 e. The molecule has 2 fully saturated rings. The summed E-state index contributed by atoms with van der Waals surface area (Å²) in [6.45, 7) is 2.15. The molecule has 1 amide bonds. The van der Waals surface area contributed by atoms with Crippen LogP contribution in [0.15, 0.2) is 42.7 Å². The van der Waals surface area contributed by atoms with E-state index in [1.54, 1.807) is 11.1 Å². The van der Waals surface area contributed by atoms with E-state index in [-0.39, 0.29) is 17.4 Å². The standard InChI is InChI=1S/C28H29F3N4O3/c29-22-14-17(15-23(30)25(22)31)3-4-24(36)34-10-7-19(8-11-34)26(28(37)38)35-12-5-18(6-13-35)21-16-33-27-20(21)2-1-9-32-27/h1-4,9,14-16,18-19,26H,5-8,10-13H2,(H,32,33)(H,37,38). The number of hydrogen-bond donors (Lipinski definition) is 2. The minimum Gasteiger partial charge on any atom is -0.480 e. The summed E-state index contributed by atoms with van der Waals surface area (Å²) in [6, 6.07) is 5.01. The van der Waals surface area contributed by atoms with Gasteiger partial charge in [0.05, 0.1) is 0 Å². The van der Waals surface area contributed by atoms with Crippen LogP contribution in [0.5, 0.6) is 0 Å². The lowest BCUT2D eigenvalue weighted by atomic mass is 9.84. The van der Waals surface area contributed by atoms with Gasteiger partial charge >= 0.3 is 5.97 Å². The van der Waals surface area contributed by atoms with Gasteiger partial charge in [-0.1, -0.05) is 0 Å². The summed E-state index contributed by atoms with van der Waals surface area (Å²) >= 11 is 0. The van der Waals surface area contributed by atoms with Crippen LogP contribution in [0.2, 0.25) is 0 Å². The third kappa shape index (κ3) is 5.31. The van der Waals surface area contributed by atoms with Gasteiger partial charge in [0.1, 0.15) is 11.7 Å². The molecule has 2 aromatic heterocycles. The second kappa shape index (κ2) is 11.0. The Hall–Kier alpha value is -3.66. The van der Waals surface area contributed by atoms with Gasteiger partial charge in [-0.3, -0.25) is 14.5 Å². The predicted molar refractivity (Wildman–Crippen MR) is 136 cm³/mol. The van der Waals surface area contributed by atoms with Crippen LogP contribution >= 0.6 is 0 Å². The number of carbonyl (C=O) groups excluding carboxylic acids is 1. The minimum atomic E-state index is -1.55. The van der Waals surface area contributed by atoms with Crippen molar-refractivity contribution in [2.45, 2.75) is 37.6 Å². The number of aromatic amines is 1. The Morgan fingerprint density at radius 2 is 1.74 bits per heavy atom. The van der Waals surface area contributed by atoms with Crippen LogP contribution in [0.3, 0.4) is 0 Å². The highest BCUT2D eigenvalue weighted by Gasteiger charge is 2.38. The third-order valence-electron chi connectivity index (χ3n) is 7.82. The van der Waals surface area contributed by atoms with Crippen molar-refractivity contribution >= 4 is 29.0 Å². The van der Waals surface area contributed by atoms with E-state index in [9.17, 15) is 27.9 Å². The number of halogens is 3. The van der Waals surface area contributed by atoms with E-state index in [0.717, 1.165) is 36.0 Å². The number of aliphatic carboxylic acids is 1. The van der Waals surface area contributed by atoms with Gasteiger partial charge in [0.25, 0.3) is 0 Å². The second-order valence-corrected chi connectivity index (χ2v) is 10.0. The van der Waals surface area contributed by atoms with Crippen LogP contribution in [0.25, 0.3) is 17.1 Å². The minimum absolute atomic E-state index is 0.0443. The fourth-order valence-corrected chi connectivity index (χ4v) is 5.84. The molecule has 1 aromatic carbocycles. The van der Waals surface area contributed by atoms with Crippen LogP contribution in [0.4, 0.5) is 13.2 Å². The number of carboxylic acid groups (broad SMARTS) is 1. The van der Waals surface area contributed by atoms with Gasteiger partial charge in [0.2, 0.25) is 5.91 Å². The van der Waals surface area contributed by atoms with Crippen LogP contribution in [0, 0.1) is 23.4 Å². The van der Waals surface area contributed by atoms with E-state index in [0.29, 0.717) is 44.9 Å². The molecule has 0 bridgehead atoms. The molecule has 4 heterocycles. The van der Waals surface area contributed by atoms with Crippen LogP contribution in [0.1, 0.15) is 42.7 Å². The number of benzene rings is 1. The predicted octanol–water partition coefficient (Wildman–Crippen LogP) is 4.56. The van der Waals surface area contributed by atoms with Crippen molar-refractivity contribution < 1.29 is 27.9 Å². The van der Waals surface area contributed by atoms with Gasteiger partial charge in [0, 0.05) is 36.9 Å². The molecule has 0 saturated carbocycles. The molecule has 0 aliphatic carbocycles. The molecule has 1 unspecified atom stereocenters. The highest BCUT2D eigenvalue weighted by atomic mass is 19.2. The molecular weight excluding hydrogens is 497 g/mol. The van der Waals surface area contributed by atoms with E-state index in [2.05, 4.69) is 20.9 Å². The summed E-state index contributed by atoms with van der Waals surface area (Å²) in [6.07, 6.45) is 9.02. The molecule has 3 aromatic rings. The lowest BCUT2D eigenvalue weighted by Gasteiger charge is -2.41. The highest BCUT2D eigenvalue weighted by molar-refractivity contribution is 5.91. The number of nitrogens with one attached hydrogen (secondary N) is 1. The van der Waals surface area contributed by atoms with E-state index in [4.69, 9.17) is 0 Å². The molecule has 5 rings (SSSR count). The second-order valence-electron chi connectivity index (χ2n) is 10.0. The van der Waals surface area contributed by atoms with Gasteiger partial charge in [-0.2, -0.15) is 0 Å². The molecule has 2 N–H and O–H groups in total. The fourth-order valence-electron chi connectivity index (χ4n) is 5.84. The number of aromatic nitrogens is 2. The zero-order chi connectivity index (χ0) is 26.8. The maximum atomic E-state index is 13.4. The molecule has 2 saturated heterocycles. The lowest BCUT2D eigenvalue weighted by Crippen LogP contribution is -2.52. The Morgan fingerprint density at radius 1 is 1.05 bits per heavy atom. The number of fused-ring (bicyclic) bond motifs is 1. The molecule has 2 aliphatic heterocycles. The van der Waals surface area contributed by atoms with Crippen molar-refractivity contribution in [1.29, 1.82) is 0 Å². The quantitative estimate of drug-likeness (QED) is 0.363. The first-order valence-electron chi connectivity index (χ1n) is 12.8. The Balaban J connectivity index is 1.17. The number of nitrogens with zero attached hydrogens (tertiary/aromatic N) is 3. The van der Waals surface area contributed by atoms with Crippen molar-refractivity contribution in [3.05, 3.63) is 71.3 Å². The first-order valence-corrected chi connectivity index (χ1v) is 12.8. The van der Waals surface area contributed by atoms with Gasteiger partial charge in [0.15, 0.2) is 17.5 Å². The molecule has 7 nitrogen and oxygen atoms in total. The normalized spacial score (nSPS) is 18.9. The van der Waals surface area contributed by atoms with E-state index >= 15 is 0 Å². The van der Waals surface area contributed by atoms with Gasteiger partial charge in [-0.25, -0.2) is 18.2 Å². The number of H-pyrrole nitrogens is 1. The van der Waals surface area contributed by atoms with Crippen molar-refractivity contribution in [3.8, 4) is 0 Å². The summed E-state index contributed by atoms with van der Waals surface area (Å²) in [5.41, 5.74) is 2.13. The summed E-state index contributed by atoms with van der Waals surface area (Å²) in [5, 5.41) is 11.2. The SMILES string of the molecule is O=C(O)C(C1CCN(C(=O)C=Cc2cc(F)c(F)c(F)c2)CC1)N1CCC(c2c[nH]c3ncccc23)CC1. The topological polar surface area (TPSA) is 89.5 Å². The van der Waals surface area contributed by atoms with Crippen LogP contribution in [-0.4, -0.2) is 69.0 Å². The number of carboxylic acids is 1. The third-order valence-corrected chi connectivity index (χ3v) is 7.82. The lowest BCUT2D eigenvalue weighted by molar-refractivity contribution is -0.147. The first-order chi connectivity index (χ1) is 18.3. The molecule has 38 heavy (non-hydrogen) atoms. The van der Waals surface area contributed by atoms with Crippen molar-refractivity contribution in [2.24, 2.45) is 5.92 Å². The summed E-state index contributed by atoms with van der Waals surface area (Å²) < 4.78 is 40.0. The van der Waals surface area contributed by atoms with Crippen molar-refractivity contribution in [3.63, 3.8) is 0 Å². The van der Waals surface area contributed by atoms with E-state index in [1.165, 1.54) is 17.7 Å². The Labute approximate surface area is 218 Å². The molecule has 2 aliphatic rings. The maximum absolute atomic E-state index is 13.4. The zero-order valence-corrected chi connectivity index (χ0v) is 20.7. The Morgan fingerprint density at radius 3 is 2.39 bits per heavy atom. The summed E-state index contributed by atoms with van der Waals surface area (Å²) in [5.74, 6) is -5.12. The smallest absolute Gasteiger partial charge is 0.321 e. The Bertz CT molecular complexity index is 1340. The van der Waals surface area contributed by atoms with Gasteiger partial charge in [-0.05, 0) is 92.1 Å². The molecule has 0 spiro atoms. The van der Waals surface area contributed by atoms with Gasteiger partial charge < -0.3 is 15.0 Å². The summed E-state index contributed by atoms with van der Waals surface area (Å²) in [4.78, 5) is 36.1. The summed E-state index contributed by atoms with van der Waals surface area (Å²) in [7, 11) is 0. The number of amides is 1. The van der Waals surface area contributed by atoms with Crippen molar-refractivity contribution in [2.75, 3.05) is 26.2 Å². The average molecular weight is 527 g/mol. The molecule has 200 valence electrons. The average Bonchev–Trinajstić information content (AvgIpc) is 3.35. The highest BCUT2D eigenvalue weighted by Crippen LogP contribution is 2.35. The monoisotopic (exact) mass is 526 g/mol. The van der Waals surface area contributed by atoms with Crippen molar-refractivity contribution in [1.82, 2.24) is 19.8 Å². The van der Waals surface area contributed by atoms with E-state index in [1.807, 2.05) is 12.3 Å². The number of carbonyl (C=O) groups is 2. The van der Waals surface area contributed by atoms with E-state index < -0.39 is 29.5 Å². The molecule has 0 radical (unpaired) electrons. The number of likely N-dealkylation sites (tertiary alicyclic amines) is 2. The zero-order valence-electron chi connectivity index (χ0n) is 20.7. The molecule has 1 atom stereocenters.